The smallest absolute Gasteiger partial charge is 0.230 e. The summed E-state index contributed by atoms with van der Waals surface area (Å²) in [5.41, 5.74) is 0. The Morgan fingerprint density at radius 2 is 1.75 bits per heavy atom. The second-order valence-corrected chi connectivity index (χ2v) is 9.48. The van der Waals surface area contributed by atoms with Crippen molar-refractivity contribution in [3.8, 4) is 0 Å². The number of amides is 1. The van der Waals surface area contributed by atoms with Crippen LogP contribution in [0.1, 0.15) is 0 Å². The molecule has 28 heavy (non-hydrogen) atoms. The molecule has 7 nitrogen and oxygen atoms in total. The molecule has 2 heterocycles. The van der Waals surface area contributed by atoms with Gasteiger partial charge in [-0.3, -0.25) is 4.79 Å². The van der Waals surface area contributed by atoms with E-state index in [1.807, 2.05) is 48.5 Å². The number of piperazine rings is 1. The Balaban J connectivity index is 1.39. The number of carbonyl (C=O) groups is 1. The topological polar surface area (TPSA) is 82.6 Å². The third-order valence-corrected chi connectivity index (χ3v) is 7.28. The number of pyridine rings is 1. The lowest BCUT2D eigenvalue weighted by Crippen LogP contribution is -2.50. The predicted octanol–water partition coefficient (Wildman–Crippen LogP) is 1.44. The van der Waals surface area contributed by atoms with Crippen molar-refractivity contribution >= 4 is 33.5 Å². The first kappa shape index (κ1) is 20.6. The molecule has 9 heteroatoms. The summed E-state index contributed by atoms with van der Waals surface area (Å²) in [4.78, 5) is 19.3. The first-order valence-corrected chi connectivity index (χ1v) is 11.7. The van der Waals surface area contributed by atoms with Crippen LogP contribution in [0.4, 0.5) is 5.82 Å². The molecule has 3 rings (SSSR count). The van der Waals surface area contributed by atoms with Crippen LogP contribution >= 0.6 is 11.8 Å². The van der Waals surface area contributed by atoms with E-state index in [9.17, 15) is 13.2 Å². The monoisotopic (exact) mass is 420 g/mol. The molecule has 1 N–H and O–H groups in total. The highest BCUT2D eigenvalue weighted by Crippen LogP contribution is 2.16. The van der Waals surface area contributed by atoms with E-state index in [1.54, 1.807) is 6.20 Å². The SMILES string of the molecule is O=C(CSc1ccccc1)NCCS(=O)(=O)N1CCN(c2ccccn2)CC1. The zero-order chi connectivity index (χ0) is 19.8. The molecule has 1 amide bonds. The molecule has 0 aliphatic carbocycles. The van der Waals surface area contributed by atoms with Crippen molar-refractivity contribution < 1.29 is 13.2 Å². The molecule has 1 aromatic heterocycles. The van der Waals surface area contributed by atoms with Gasteiger partial charge in [0, 0.05) is 43.8 Å². The molecule has 1 aliphatic heterocycles. The van der Waals surface area contributed by atoms with Crippen LogP contribution in [0.25, 0.3) is 0 Å². The van der Waals surface area contributed by atoms with Crippen LogP contribution in [-0.2, 0) is 14.8 Å². The standard InChI is InChI=1S/C19H24N4O3S2/c24-19(16-27-17-6-2-1-3-7-17)21-10-15-28(25,26)23-13-11-22(12-14-23)18-8-4-5-9-20-18/h1-9H,10-16H2,(H,21,24). The molecular weight excluding hydrogens is 396 g/mol. The van der Waals surface area contributed by atoms with Crippen molar-refractivity contribution in [1.29, 1.82) is 0 Å². The van der Waals surface area contributed by atoms with Crippen LogP contribution in [0.2, 0.25) is 0 Å². The highest BCUT2D eigenvalue weighted by molar-refractivity contribution is 8.00. The zero-order valence-electron chi connectivity index (χ0n) is 15.5. The van der Waals surface area contributed by atoms with Crippen molar-refractivity contribution in [3.05, 3.63) is 54.7 Å². The van der Waals surface area contributed by atoms with Gasteiger partial charge in [-0.25, -0.2) is 13.4 Å². The van der Waals surface area contributed by atoms with Crippen LogP contribution in [-0.4, -0.2) is 67.8 Å². The van der Waals surface area contributed by atoms with Crippen molar-refractivity contribution in [3.63, 3.8) is 0 Å². The quantitative estimate of drug-likeness (QED) is 0.651. The van der Waals surface area contributed by atoms with Gasteiger partial charge in [-0.15, -0.1) is 11.8 Å². The molecule has 150 valence electrons. The summed E-state index contributed by atoms with van der Waals surface area (Å²) in [6.07, 6.45) is 1.73. The largest absolute Gasteiger partial charge is 0.354 e. The van der Waals surface area contributed by atoms with Gasteiger partial charge >= 0.3 is 0 Å². The molecule has 1 saturated heterocycles. The fourth-order valence-corrected chi connectivity index (χ4v) is 4.99. The number of hydrogen-bond acceptors (Lipinski definition) is 6. The Morgan fingerprint density at radius 1 is 1.04 bits per heavy atom. The van der Waals surface area contributed by atoms with Crippen molar-refractivity contribution in [2.24, 2.45) is 0 Å². The number of anilines is 1. The van der Waals surface area contributed by atoms with Crippen molar-refractivity contribution in [2.75, 3.05) is 49.1 Å². The average molecular weight is 421 g/mol. The number of sulfonamides is 1. The fraction of sp³-hybridized carbons (Fsp3) is 0.368. The van der Waals surface area contributed by atoms with E-state index in [2.05, 4.69) is 15.2 Å². The lowest BCUT2D eigenvalue weighted by Gasteiger charge is -2.34. The van der Waals surface area contributed by atoms with E-state index in [0.717, 1.165) is 10.7 Å². The van der Waals surface area contributed by atoms with Gasteiger partial charge in [-0.2, -0.15) is 4.31 Å². The number of carbonyl (C=O) groups excluding carboxylic acids is 1. The number of aromatic nitrogens is 1. The minimum absolute atomic E-state index is 0.0850. The second kappa shape index (κ2) is 9.90. The molecule has 0 atom stereocenters. The van der Waals surface area contributed by atoms with Crippen LogP contribution in [0, 0.1) is 0 Å². The number of benzene rings is 1. The maximum atomic E-state index is 12.5. The van der Waals surface area contributed by atoms with E-state index in [-0.39, 0.29) is 24.0 Å². The lowest BCUT2D eigenvalue weighted by molar-refractivity contribution is -0.118. The number of nitrogens with zero attached hydrogens (tertiary/aromatic N) is 3. The van der Waals surface area contributed by atoms with E-state index < -0.39 is 10.0 Å². The minimum atomic E-state index is -3.39. The summed E-state index contributed by atoms with van der Waals surface area (Å²) in [6, 6.07) is 15.3. The highest BCUT2D eigenvalue weighted by atomic mass is 32.2. The molecule has 1 aromatic carbocycles. The molecule has 0 unspecified atom stereocenters. The summed E-state index contributed by atoms with van der Waals surface area (Å²) in [7, 11) is -3.39. The van der Waals surface area contributed by atoms with Crippen LogP contribution in [0.5, 0.6) is 0 Å². The van der Waals surface area contributed by atoms with Crippen LogP contribution in [0.15, 0.2) is 59.6 Å². The maximum Gasteiger partial charge on any atom is 0.230 e. The molecule has 0 radical (unpaired) electrons. The summed E-state index contributed by atoms with van der Waals surface area (Å²) >= 11 is 1.43. The third-order valence-electron chi connectivity index (χ3n) is 4.40. The fourth-order valence-electron chi connectivity index (χ4n) is 2.90. The number of thioether (sulfide) groups is 1. The van der Waals surface area contributed by atoms with Gasteiger partial charge in [0.1, 0.15) is 5.82 Å². The van der Waals surface area contributed by atoms with E-state index in [0.29, 0.717) is 26.2 Å². The van der Waals surface area contributed by atoms with Gasteiger partial charge in [0.05, 0.1) is 11.5 Å². The molecule has 2 aromatic rings. The summed E-state index contributed by atoms with van der Waals surface area (Å²) in [6.45, 7) is 2.19. The van der Waals surface area contributed by atoms with Crippen molar-refractivity contribution in [1.82, 2.24) is 14.6 Å². The molecule has 1 fully saturated rings. The second-order valence-electron chi connectivity index (χ2n) is 6.34. The molecular formula is C19H24N4O3S2. The Kier molecular flexibility index (Phi) is 7.30. The summed E-state index contributed by atoms with van der Waals surface area (Å²) < 4.78 is 26.5. The van der Waals surface area contributed by atoms with Gasteiger partial charge in [0.2, 0.25) is 15.9 Å². The van der Waals surface area contributed by atoms with E-state index in [4.69, 9.17) is 0 Å². The van der Waals surface area contributed by atoms with Crippen LogP contribution < -0.4 is 10.2 Å². The Hall–Kier alpha value is -2.10. The van der Waals surface area contributed by atoms with E-state index in [1.165, 1.54) is 16.1 Å². The number of hydrogen-bond donors (Lipinski definition) is 1. The summed E-state index contributed by atoms with van der Waals surface area (Å²) in [5.74, 6) is 0.886. The van der Waals surface area contributed by atoms with Crippen LogP contribution in [0.3, 0.4) is 0 Å². The van der Waals surface area contributed by atoms with Gasteiger partial charge < -0.3 is 10.2 Å². The number of rotatable bonds is 8. The number of nitrogens with one attached hydrogen (secondary N) is 1. The van der Waals surface area contributed by atoms with Gasteiger partial charge in [0.25, 0.3) is 0 Å². The Bertz CT molecular complexity index is 855. The predicted molar refractivity (Wildman–Crippen MR) is 112 cm³/mol. The summed E-state index contributed by atoms with van der Waals surface area (Å²) in [5, 5.41) is 2.70. The normalized spacial score (nSPS) is 15.4. The lowest BCUT2D eigenvalue weighted by atomic mass is 10.3. The van der Waals surface area contributed by atoms with Gasteiger partial charge in [-0.05, 0) is 24.3 Å². The molecule has 0 spiro atoms. The van der Waals surface area contributed by atoms with Crippen molar-refractivity contribution in [2.45, 2.75) is 4.90 Å². The third kappa shape index (κ3) is 5.95. The van der Waals surface area contributed by atoms with Gasteiger partial charge in [-0.1, -0.05) is 24.3 Å². The molecule has 0 saturated carbocycles. The van der Waals surface area contributed by atoms with E-state index >= 15 is 0 Å². The Morgan fingerprint density at radius 3 is 2.43 bits per heavy atom. The maximum absolute atomic E-state index is 12.5. The first-order valence-electron chi connectivity index (χ1n) is 9.13. The first-order chi connectivity index (χ1) is 13.5. The Labute approximate surface area is 170 Å². The zero-order valence-corrected chi connectivity index (χ0v) is 17.2. The minimum Gasteiger partial charge on any atom is -0.354 e. The van der Waals surface area contributed by atoms with Gasteiger partial charge in [0.15, 0.2) is 0 Å². The highest BCUT2D eigenvalue weighted by Gasteiger charge is 2.27. The molecule has 0 bridgehead atoms. The average Bonchev–Trinajstić information content (AvgIpc) is 2.74. The molecule has 1 aliphatic rings.